The van der Waals surface area contributed by atoms with E-state index in [1.165, 1.54) is 12.8 Å². The molecule has 1 aliphatic carbocycles. The molecule has 0 radical (unpaired) electrons. The normalized spacial score (nSPS) is 17.2. The minimum absolute atomic E-state index is 0.0330. The van der Waals surface area contributed by atoms with Crippen LogP contribution in [0.4, 0.5) is 0 Å². The number of para-hydroxylation sites is 1. The first-order chi connectivity index (χ1) is 9.20. The summed E-state index contributed by atoms with van der Waals surface area (Å²) in [6, 6.07) is 7.56. The second-order valence-corrected chi connectivity index (χ2v) is 5.34. The average molecular weight is 282 g/mol. The highest BCUT2D eigenvalue weighted by molar-refractivity contribution is 6.32. The molecule has 0 aliphatic heterocycles. The molecule has 0 saturated heterocycles. The Morgan fingerprint density at radius 1 is 1.42 bits per heavy atom. The third-order valence-corrected chi connectivity index (χ3v) is 3.78. The maximum absolute atomic E-state index is 12.2. The van der Waals surface area contributed by atoms with E-state index in [2.05, 4.69) is 5.32 Å². The van der Waals surface area contributed by atoms with Gasteiger partial charge in [-0.1, -0.05) is 43.5 Å². The van der Waals surface area contributed by atoms with Crippen molar-refractivity contribution in [3.05, 3.63) is 29.3 Å². The standard InChI is InChI=1S/C15H20ClNO2/c1-2-13(15(18)17-11-7-3-4-8-11)19-14-10-6-5-9-12(14)16/h5-6,9-11,13H,2-4,7-8H2,1H3,(H,17,18)/t13-/m0/s1. The van der Waals surface area contributed by atoms with Crippen molar-refractivity contribution >= 4 is 17.5 Å². The Morgan fingerprint density at radius 3 is 2.74 bits per heavy atom. The van der Waals surface area contributed by atoms with Gasteiger partial charge in [-0.2, -0.15) is 0 Å². The first-order valence-corrected chi connectivity index (χ1v) is 7.30. The van der Waals surface area contributed by atoms with Gasteiger partial charge in [0.1, 0.15) is 5.75 Å². The molecule has 19 heavy (non-hydrogen) atoms. The number of carbonyl (C=O) groups excluding carboxylic acids is 1. The number of halogens is 1. The molecule has 3 nitrogen and oxygen atoms in total. The van der Waals surface area contributed by atoms with Crippen molar-refractivity contribution in [1.82, 2.24) is 5.32 Å². The van der Waals surface area contributed by atoms with Crippen molar-refractivity contribution in [3.8, 4) is 5.75 Å². The van der Waals surface area contributed by atoms with Gasteiger partial charge in [-0.25, -0.2) is 0 Å². The van der Waals surface area contributed by atoms with Gasteiger partial charge in [-0.15, -0.1) is 0 Å². The van der Waals surface area contributed by atoms with Crippen LogP contribution in [0.2, 0.25) is 5.02 Å². The summed E-state index contributed by atoms with van der Waals surface area (Å²) >= 11 is 6.04. The van der Waals surface area contributed by atoms with Gasteiger partial charge >= 0.3 is 0 Å². The average Bonchev–Trinajstić information content (AvgIpc) is 2.90. The van der Waals surface area contributed by atoms with Crippen LogP contribution in [0, 0.1) is 0 Å². The zero-order valence-electron chi connectivity index (χ0n) is 11.2. The summed E-state index contributed by atoms with van der Waals surface area (Å²) in [6.07, 6.45) is 4.72. The second-order valence-electron chi connectivity index (χ2n) is 4.94. The fraction of sp³-hybridized carbons (Fsp3) is 0.533. The molecule has 2 rings (SSSR count). The highest BCUT2D eigenvalue weighted by Crippen LogP contribution is 2.25. The lowest BCUT2D eigenvalue weighted by Gasteiger charge is -2.20. The van der Waals surface area contributed by atoms with Crippen molar-refractivity contribution in [1.29, 1.82) is 0 Å². The zero-order valence-corrected chi connectivity index (χ0v) is 12.0. The Balaban J connectivity index is 1.95. The van der Waals surface area contributed by atoms with Gasteiger partial charge in [0.05, 0.1) is 5.02 Å². The van der Waals surface area contributed by atoms with Crippen molar-refractivity contribution in [2.75, 3.05) is 0 Å². The van der Waals surface area contributed by atoms with Crippen LogP contribution in [-0.4, -0.2) is 18.1 Å². The summed E-state index contributed by atoms with van der Waals surface area (Å²) in [5, 5.41) is 3.60. The van der Waals surface area contributed by atoms with Crippen LogP contribution >= 0.6 is 11.6 Å². The minimum Gasteiger partial charge on any atom is -0.479 e. The molecule has 0 spiro atoms. The molecule has 4 heteroatoms. The molecular weight excluding hydrogens is 262 g/mol. The number of amides is 1. The molecule has 1 N–H and O–H groups in total. The smallest absolute Gasteiger partial charge is 0.261 e. The van der Waals surface area contributed by atoms with Gasteiger partial charge in [-0.05, 0) is 31.4 Å². The van der Waals surface area contributed by atoms with Gasteiger partial charge in [0.15, 0.2) is 6.10 Å². The van der Waals surface area contributed by atoms with Crippen LogP contribution in [-0.2, 0) is 4.79 Å². The Labute approximate surface area is 119 Å². The summed E-state index contributed by atoms with van der Waals surface area (Å²) in [5.41, 5.74) is 0. The van der Waals surface area contributed by atoms with E-state index in [0.29, 0.717) is 23.2 Å². The van der Waals surface area contributed by atoms with E-state index in [4.69, 9.17) is 16.3 Å². The number of ether oxygens (including phenoxy) is 1. The number of hydrogen-bond acceptors (Lipinski definition) is 2. The maximum Gasteiger partial charge on any atom is 0.261 e. The maximum atomic E-state index is 12.2. The van der Waals surface area contributed by atoms with Crippen molar-refractivity contribution < 1.29 is 9.53 Å². The molecule has 0 bridgehead atoms. The summed E-state index contributed by atoms with van der Waals surface area (Å²) in [7, 11) is 0. The van der Waals surface area contributed by atoms with Crippen LogP contribution in [0.3, 0.4) is 0 Å². The van der Waals surface area contributed by atoms with E-state index >= 15 is 0 Å². The first kappa shape index (κ1) is 14.2. The molecule has 0 unspecified atom stereocenters. The summed E-state index contributed by atoms with van der Waals surface area (Å²) in [6.45, 7) is 1.94. The number of benzene rings is 1. The number of hydrogen-bond donors (Lipinski definition) is 1. The lowest BCUT2D eigenvalue weighted by atomic mass is 10.2. The van der Waals surface area contributed by atoms with Crippen LogP contribution in [0.1, 0.15) is 39.0 Å². The van der Waals surface area contributed by atoms with E-state index in [1.54, 1.807) is 12.1 Å². The fourth-order valence-electron chi connectivity index (χ4n) is 2.38. The topological polar surface area (TPSA) is 38.3 Å². The summed E-state index contributed by atoms with van der Waals surface area (Å²) in [4.78, 5) is 12.2. The van der Waals surface area contributed by atoms with E-state index < -0.39 is 6.10 Å². The molecule has 1 aliphatic rings. The molecule has 0 heterocycles. The lowest BCUT2D eigenvalue weighted by Crippen LogP contribution is -2.42. The highest BCUT2D eigenvalue weighted by atomic mass is 35.5. The summed E-state index contributed by atoms with van der Waals surface area (Å²) < 4.78 is 5.72. The monoisotopic (exact) mass is 281 g/mol. The van der Waals surface area contributed by atoms with Crippen LogP contribution < -0.4 is 10.1 Å². The molecule has 1 aromatic carbocycles. The van der Waals surface area contributed by atoms with Gasteiger partial charge < -0.3 is 10.1 Å². The quantitative estimate of drug-likeness (QED) is 0.896. The molecule has 1 aromatic rings. The van der Waals surface area contributed by atoms with Gasteiger partial charge in [0, 0.05) is 6.04 Å². The molecule has 1 amide bonds. The highest BCUT2D eigenvalue weighted by Gasteiger charge is 2.24. The third kappa shape index (κ3) is 3.87. The predicted octanol–water partition coefficient (Wildman–Crippen LogP) is 3.56. The van der Waals surface area contributed by atoms with E-state index in [1.807, 2.05) is 19.1 Å². The van der Waals surface area contributed by atoms with Crippen LogP contribution in [0.5, 0.6) is 5.75 Å². The number of nitrogens with one attached hydrogen (secondary N) is 1. The van der Waals surface area contributed by atoms with Crippen molar-refractivity contribution in [3.63, 3.8) is 0 Å². The fourth-order valence-corrected chi connectivity index (χ4v) is 2.56. The Morgan fingerprint density at radius 2 is 2.11 bits per heavy atom. The number of carbonyl (C=O) groups is 1. The minimum atomic E-state index is -0.472. The summed E-state index contributed by atoms with van der Waals surface area (Å²) in [5.74, 6) is 0.534. The van der Waals surface area contributed by atoms with E-state index in [0.717, 1.165) is 12.8 Å². The van der Waals surface area contributed by atoms with E-state index in [9.17, 15) is 4.79 Å². The molecular formula is C15H20ClNO2. The SMILES string of the molecule is CC[C@H](Oc1ccccc1Cl)C(=O)NC1CCCC1. The molecule has 1 fully saturated rings. The van der Waals surface area contributed by atoms with Crippen molar-refractivity contribution in [2.24, 2.45) is 0 Å². The largest absolute Gasteiger partial charge is 0.479 e. The van der Waals surface area contributed by atoms with E-state index in [-0.39, 0.29) is 5.91 Å². The first-order valence-electron chi connectivity index (χ1n) is 6.92. The Bertz CT molecular complexity index is 430. The van der Waals surface area contributed by atoms with Crippen LogP contribution in [0.15, 0.2) is 24.3 Å². The Hall–Kier alpha value is -1.22. The molecule has 104 valence electrons. The van der Waals surface area contributed by atoms with Gasteiger partial charge in [-0.3, -0.25) is 4.79 Å². The van der Waals surface area contributed by atoms with Gasteiger partial charge in [0.2, 0.25) is 0 Å². The van der Waals surface area contributed by atoms with Gasteiger partial charge in [0.25, 0.3) is 5.91 Å². The van der Waals surface area contributed by atoms with Crippen LogP contribution in [0.25, 0.3) is 0 Å². The molecule has 1 saturated carbocycles. The zero-order chi connectivity index (χ0) is 13.7. The predicted molar refractivity (Wildman–Crippen MR) is 76.6 cm³/mol. The Kier molecular flexibility index (Phi) is 5.08. The molecule has 0 aromatic heterocycles. The van der Waals surface area contributed by atoms with Crippen molar-refractivity contribution in [2.45, 2.75) is 51.2 Å². The molecule has 1 atom stereocenters. The number of rotatable bonds is 5. The lowest BCUT2D eigenvalue weighted by molar-refractivity contribution is -0.128. The third-order valence-electron chi connectivity index (χ3n) is 3.47. The second kappa shape index (κ2) is 6.80.